The van der Waals surface area contributed by atoms with Crippen molar-refractivity contribution in [3.63, 3.8) is 0 Å². The average molecular weight is 263 g/mol. The van der Waals surface area contributed by atoms with Crippen molar-refractivity contribution in [2.24, 2.45) is 5.73 Å². The molecule has 2 aromatic rings. The fourth-order valence-corrected chi connectivity index (χ4v) is 2.30. The van der Waals surface area contributed by atoms with Crippen LogP contribution in [0.3, 0.4) is 0 Å². The fourth-order valence-electron chi connectivity index (χ4n) is 1.49. The van der Waals surface area contributed by atoms with E-state index in [9.17, 15) is 0 Å². The lowest BCUT2D eigenvalue weighted by molar-refractivity contribution is 0.328. The molecule has 0 radical (unpaired) electrons. The Morgan fingerprint density at radius 3 is 3.06 bits per heavy atom. The summed E-state index contributed by atoms with van der Waals surface area (Å²) >= 11 is 1.61. The third-order valence-corrected chi connectivity index (χ3v) is 3.19. The predicted octanol–water partition coefficient (Wildman–Crippen LogP) is 2.79. The Balaban J connectivity index is 2.04. The largest absolute Gasteiger partial charge is 0.492 e. The van der Waals surface area contributed by atoms with Crippen LogP contribution in [0.4, 0.5) is 10.8 Å². The van der Waals surface area contributed by atoms with Gasteiger partial charge in [0.2, 0.25) is 0 Å². The first-order valence-corrected chi connectivity index (χ1v) is 6.84. The molecule has 4 nitrogen and oxygen atoms in total. The van der Waals surface area contributed by atoms with Gasteiger partial charge in [0, 0.05) is 23.7 Å². The van der Waals surface area contributed by atoms with E-state index < -0.39 is 0 Å². The topological polar surface area (TPSA) is 60.2 Å². The summed E-state index contributed by atoms with van der Waals surface area (Å²) in [6.45, 7) is 3.14. The number of nitrogens with zero attached hydrogens (tertiary/aromatic N) is 1. The molecule has 0 spiro atoms. The van der Waals surface area contributed by atoms with Gasteiger partial charge in [-0.3, -0.25) is 0 Å². The normalized spacial score (nSPS) is 10.3. The maximum Gasteiger partial charge on any atom is 0.187 e. The number of nitrogens with two attached hydrogens (primary N) is 1. The zero-order chi connectivity index (χ0) is 12.8. The molecule has 0 aliphatic rings. The van der Waals surface area contributed by atoms with Crippen LogP contribution in [-0.2, 0) is 6.42 Å². The Kier molecular flexibility index (Phi) is 4.55. The van der Waals surface area contributed by atoms with Gasteiger partial charge in [-0.25, -0.2) is 4.98 Å². The summed E-state index contributed by atoms with van der Waals surface area (Å²) in [7, 11) is 0. The van der Waals surface area contributed by atoms with Gasteiger partial charge in [-0.05, 0) is 18.6 Å². The molecule has 0 unspecified atom stereocenters. The molecular weight excluding hydrogens is 246 g/mol. The highest BCUT2D eigenvalue weighted by molar-refractivity contribution is 7.13. The Hall–Kier alpha value is -1.59. The summed E-state index contributed by atoms with van der Waals surface area (Å²) in [5.74, 6) is 0.817. The number of anilines is 2. The summed E-state index contributed by atoms with van der Waals surface area (Å²) in [6, 6.07) is 7.80. The Morgan fingerprint density at radius 1 is 1.44 bits per heavy atom. The molecule has 0 fully saturated rings. The van der Waals surface area contributed by atoms with E-state index in [1.807, 2.05) is 24.3 Å². The Labute approximate surface area is 111 Å². The quantitative estimate of drug-likeness (QED) is 0.841. The van der Waals surface area contributed by atoms with Crippen LogP contribution in [0.1, 0.15) is 12.6 Å². The molecule has 0 aliphatic heterocycles. The molecule has 2 rings (SSSR count). The van der Waals surface area contributed by atoms with Gasteiger partial charge in [-0.15, -0.1) is 11.3 Å². The molecule has 0 bridgehead atoms. The van der Waals surface area contributed by atoms with E-state index in [1.54, 1.807) is 11.3 Å². The van der Waals surface area contributed by atoms with Gasteiger partial charge in [-0.2, -0.15) is 0 Å². The summed E-state index contributed by atoms with van der Waals surface area (Å²) < 4.78 is 5.48. The van der Waals surface area contributed by atoms with E-state index in [4.69, 9.17) is 10.5 Å². The summed E-state index contributed by atoms with van der Waals surface area (Å²) in [5.41, 5.74) is 7.49. The van der Waals surface area contributed by atoms with Crippen LogP contribution in [0.2, 0.25) is 0 Å². The number of thiazole rings is 1. The van der Waals surface area contributed by atoms with Crippen molar-refractivity contribution < 1.29 is 4.74 Å². The second-order valence-electron chi connectivity index (χ2n) is 3.79. The van der Waals surface area contributed by atoms with Gasteiger partial charge in [-0.1, -0.05) is 13.0 Å². The highest BCUT2D eigenvalue weighted by Gasteiger charge is 2.02. The highest BCUT2D eigenvalue weighted by Crippen LogP contribution is 2.24. The number of aromatic nitrogens is 1. The van der Waals surface area contributed by atoms with E-state index in [0.29, 0.717) is 13.2 Å². The molecule has 5 heteroatoms. The first-order valence-electron chi connectivity index (χ1n) is 5.96. The van der Waals surface area contributed by atoms with E-state index in [2.05, 4.69) is 22.6 Å². The minimum Gasteiger partial charge on any atom is -0.492 e. The van der Waals surface area contributed by atoms with Crippen molar-refractivity contribution in [1.82, 2.24) is 4.98 Å². The lowest BCUT2D eigenvalue weighted by atomic mass is 10.3. The van der Waals surface area contributed by atoms with E-state index in [1.165, 1.54) is 0 Å². The number of ether oxygens (including phenoxy) is 1. The second kappa shape index (κ2) is 6.37. The molecule has 0 saturated carbocycles. The first kappa shape index (κ1) is 12.9. The smallest absolute Gasteiger partial charge is 0.187 e. The first-order chi connectivity index (χ1) is 8.81. The predicted molar refractivity (Wildman–Crippen MR) is 75.8 cm³/mol. The van der Waals surface area contributed by atoms with Gasteiger partial charge in [0.25, 0.3) is 0 Å². The molecule has 1 heterocycles. The third-order valence-electron chi connectivity index (χ3n) is 2.39. The van der Waals surface area contributed by atoms with Gasteiger partial charge in [0.15, 0.2) is 5.13 Å². The van der Waals surface area contributed by atoms with Crippen molar-refractivity contribution in [2.75, 3.05) is 18.5 Å². The van der Waals surface area contributed by atoms with Crippen LogP contribution in [0.5, 0.6) is 5.75 Å². The van der Waals surface area contributed by atoms with Gasteiger partial charge < -0.3 is 15.8 Å². The van der Waals surface area contributed by atoms with E-state index >= 15 is 0 Å². The molecule has 1 aromatic carbocycles. The number of nitrogens with one attached hydrogen (secondary N) is 1. The van der Waals surface area contributed by atoms with Gasteiger partial charge in [0.1, 0.15) is 12.4 Å². The maximum atomic E-state index is 5.48. The fraction of sp³-hybridized carbons (Fsp3) is 0.308. The SMILES string of the molecule is CCc1csc(Nc2cccc(OCCN)c2)n1. The molecule has 96 valence electrons. The van der Waals surface area contributed by atoms with Crippen molar-refractivity contribution in [2.45, 2.75) is 13.3 Å². The van der Waals surface area contributed by atoms with E-state index in [0.717, 1.165) is 28.7 Å². The minimum absolute atomic E-state index is 0.518. The van der Waals surface area contributed by atoms with Crippen molar-refractivity contribution in [3.8, 4) is 5.75 Å². The van der Waals surface area contributed by atoms with Crippen LogP contribution >= 0.6 is 11.3 Å². The Morgan fingerprint density at radius 2 is 2.33 bits per heavy atom. The van der Waals surface area contributed by atoms with Crippen LogP contribution in [0, 0.1) is 0 Å². The standard InChI is InChI=1S/C13H17N3OS/c1-2-10-9-18-13(15-10)16-11-4-3-5-12(8-11)17-7-6-14/h3-5,8-9H,2,6-7,14H2,1H3,(H,15,16). The molecule has 0 aliphatic carbocycles. The molecule has 3 N–H and O–H groups in total. The van der Waals surface area contributed by atoms with Crippen LogP contribution in [-0.4, -0.2) is 18.1 Å². The average Bonchev–Trinajstić information content (AvgIpc) is 2.84. The van der Waals surface area contributed by atoms with Gasteiger partial charge >= 0.3 is 0 Å². The van der Waals surface area contributed by atoms with E-state index in [-0.39, 0.29) is 0 Å². The summed E-state index contributed by atoms with van der Waals surface area (Å²) in [4.78, 5) is 4.46. The van der Waals surface area contributed by atoms with Gasteiger partial charge in [0.05, 0.1) is 5.69 Å². The van der Waals surface area contributed by atoms with Crippen LogP contribution < -0.4 is 15.8 Å². The molecule has 0 saturated heterocycles. The number of aryl methyl sites for hydroxylation is 1. The number of hydrogen-bond acceptors (Lipinski definition) is 5. The lowest BCUT2D eigenvalue weighted by Crippen LogP contribution is -2.10. The molecule has 0 atom stereocenters. The highest BCUT2D eigenvalue weighted by atomic mass is 32.1. The van der Waals surface area contributed by atoms with Crippen LogP contribution in [0.25, 0.3) is 0 Å². The number of rotatable bonds is 6. The second-order valence-corrected chi connectivity index (χ2v) is 4.65. The monoisotopic (exact) mass is 263 g/mol. The molecule has 18 heavy (non-hydrogen) atoms. The zero-order valence-corrected chi connectivity index (χ0v) is 11.2. The zero-order valence-electron chi connectivity index (χ0n) is 10.3. The van der Waals surface area contributed by atoms with Crippen LogP contribution in [0.15, 0.2) is 29.6 Å². The lowest BCUT2D eigenvalue weighted by Gasteiger charge is -2.07. The summed E-state index contributed by atoms with van der Waals surface area (Å²) in [6.07, 6.45) is 0.956. The molecular formula is C13H17N3OS. The minimum atomic E-state index is 0.518. The number of benzene rings is 1. The third kappa shape index (κ3) is 3.45. The Bertz CT molecular complexity index is 498. The van der Waals surface area contributed by atoms with Crippen molar-refractivity contribution in [1.29, 1.82) is 0 Å². The van der Waals surface area contributed by atoms with Crippen molar-refractivity contribution >= 4 is 22.2 Å². The molecule has 1 aromatic heterocycles. The summed E-state index contributed by atoms with van der Waals surface area (Å²) in [5, 5.41) is 6.24. The molecule has 0 amide bonds. The maximum absolute atomic E-state index is 5.48. The number of hydrogen-bond donors (Lipinski definition) is 2. The van der Waals surface area contributed by atoms with Crippen molar-refractivity contribution in [3.05, 3.63) is 35.3 Å².